The van der Waals surface area contributed by atoms with E-state index in [0.29, 0.717) is 0 Å². The summed E-state index contributed by atoms with van der Waals surface area (Å²) in [4.78, 5) is 0. The fourth-order valence-electron chi connectivity index (χ4n) is 1.25. The Morgan fingerprint density at radius 1 is 1.29 bits per heavy atom. The first-order valence-corrected chi connectivity index (χ1v) is 5.20. The quantitative estimate of drug-likeness (QED) is 0.814. The molecule has 0 radical (unpaired) electrons. The van der Waals surface area contributed by atoms with Crippen LogP contribution in [0, 0.1) is 6.92 Å². The molecule has 0 spiro atoms. The van der Waals surface area contributed by atoms with Gasteiger partial charge >= 0.3 is 0 Å². The molecule has 1 atom stereocenters. The van der Waals surface area contributed by atoms with Crippen molar-refractivity contribution in [2.75, 3.05) is 0 Å². The lowest BCUT2D eigenvalue weighted by molar-refractivity contribution is 0.818. The highest BCUT2D eigenvalue weighted by molar-refractivity contribution is 7.03. The van der Waals surface area contributed by atoms with Gasteiger partial charge in [-0.25, -0.2) is 0 Å². The van der Waals surface area contributed by atoms with E-state index in [0.717, 1.165) is 11.3 Å². The molecule has 0 aliphatic heterocycles. The molecular formula is C10H11N3S. The molecule has 14 heavy (non-hydrogen) atoms. The fraction of sp³-hybridized carbons (Fsp3) is 0.200. The van der Waals surface area contributed by atoms with Crippen LogP contribution in [0.25, 0.3) is 0 Å². The maximum absolute atomic E-state index is 6.01. The third-order valence-electron chi connectivity index (χ3n) is 2.13. The summed E-state index contributed by atoms with van der Waals surface area (Å²) in [6, 6.07) is 8.00. The van der Waals surface area contributed by atoms with Crippen LogP contribution in [0.3, 0.4) is 0 Å². The number of hydrogen-bond donors (Lipinski definition) is 1. The Morgan fingerprint density at radius 2 is 2.00 bits per heavy atom. The molecule has 1 unspecified atom stereocenters. The van der Waals surface area contributed by atoms with E-state index in [-0.39, 0.29) is 6.04 Å². The minimum atomic E-state index is -0.158. The standard InChI is InChI=1S/C10H11N3S/c1-7-2-4-8(5-3-7)10(11)9-6-14-13-12-9/h2-6,10H,11H2,1H3. The molecule has 0 bridgehead atoms. The summed E-state index contributed by atoms with van der Waals surface area (Å²) in [6.07, 6.45) is 0. The fourth-order valence-corrected chi connectivity index (χ4v) is 1.74. The topological polar surface area (TPSA) is 51.8 Å². The Labute approximate surface area is 86.7 Å². The van der Waals surface area contributed by atoms with E-state index in [4.69, 9.17) is 5.73 Å². The van der Waals surface area contributed by atoms with Crippen LogP contribution in [-0.4, -0.2) is 9.59 Å². The van der Waals surface area contributed by atoms with Gasteiger partial charge in [0, 0.05) is 5.38 Å². The molecule has 4 heteroatoms. The van der Waals surface area contributed by atoms with Crippen LogP contribution in [0.1, 0.15) is 22.9 Å². The minimum absolute atomic E-state index is 0.158. The molecule has 0 saturated heterocycles. The first-order valence-electron chi connectivity index (χ1n) is 4.36. The lowest BCUT2D eigenvalue weighted by Gasteiger charge is -2.08. The highest BCUT2D eigenvalue weighted by Crippen LogP contribution is 2.18. The van der Waals surface area contributed by atoms with E-state index >= 15 is 0 Å². The van der Waals surface area contributed by atoms with E-state index in [2.05, 4.69) is 28.6 Å². The lowest BCUT2D eigenvalue weighted by Crippen LogP contribution is -2.12. The number of nitrogens with zero attached hydrogens (tertiary/aromatic N) is 2. The van der Waals surface area contributed by atoms with Gasteiger partial charge in [-0.1, -0.05) is 34.3 Å². The largest absolute Gasteiger partial charge is 0.319 e. The van der Waals surface area contributed by atoms with Crippen molar-refractivity contribution in [2.45, 2.75) is 13.0 Å². The number of hydrogen-bond acceptors (Lipinski definition) is 4. The van der Waals surface area contributed by atoms with E-state index in [1.54, 1.807) is 0 Å². The maximum atomic E-state index is 6.01. The van der Waals surface area contributed by atoms with E-state index in [1.165, 1.54) is 17.1 Å². The molecule has 2 aromatic rings. The number of aromatic nitrogens is 2. The van der Waals surface area contributed by atoms with E-state index in [1.807, 2.05) is 17.5 Å². The third kappa shape index (κ3) is 1.81. The molecule has 0 amide bonds. The van der Waals surface area contributed by atoms with Gasteiger partial charge in [-0.3, -0.25) is 0 Å². The zero-order valence-corrected chi connectivity index (χ0v) is 8.66. The minimum Gasteiger partial charge on any atom is -0.319 e. The number of aryl methyl sites for hydroxylation is 1. The van der Waals surface area contributed by atoms with Crippen molar-refractivity contribution >= 4 is 11.5 Å². The average molecular weight is 205 g/mol. The molecule has 1 aromatic carbocycles. The highest BCUT2D eigenvalue weighted by Gasteiger charge is 2.10. The van der Waals surface area contributed by atoms with Gasteiger partial charge in [-0.15, -0.1) is 5.10 Å². The van der Waals surface area contributed by atoms with Crippen LogP contribution < -0.4 is 5.73 Å². The van der Waals surface area contributed by atoms with Gasteiger partial charge in [0.2, 0.25) is 0 Å². The molecule has 0 aliphatic carbocycles. The third-order valence-corrected chi connectivity index (χ3v) is 2.65. The van der Waals surface area contributed by atoms with Gasteiger partial charge in [0.15, 0.2) is 0 Å². The van der Waals surface area contributed by atoms with E-state index in [9.17, 15) is 0 Å². The summed E-state index contributed by atoms with van der Waals surface area (Å²) < 4.78 is 3.80. The van der Waals surface area contributed by atoms with Crippen LogP contribution in [0.5, 0.6) is 0 Å². The van der Waals surface area contributed by atoms with E-state index < -0.39 is 0 Å². The molecule has 0 fully saturated rings. The summed E-state index contributed by atoms with van der Waals surface area (Å²) >= 11 is 1.32. The smallest absolute Gasteiger partial charge is 0.0967 e. The molecular weight excluding hydrogens is 194 g/mol. The van der Waals surface area contributed by atoms with Crippen LogP contribution in [0.2, 0.25) is 0 Å². The molecule has 3 nitrogen and oxygen atoms in total. The van der Waals surface area contributed by atoms with Crippen molar-refractivity contribution in [1.82, 2.24) is 9.59 Å². The van der Waals surface area contributed by atoms with Crippen LogP contribution in [-0.2, 0) is 0 Å². The SMILES string of the molecule is Cc1ccc(C(N)c2csnn2)cc1. The molecule has 1 heterocycles. The first kappa shape index (κ1) is 9.30. The van der Waals surface area contributed by atoms with Gasteiger partial charge < -0.3 is 5.73 Å². The molecule has 2 rings (SSSR count). The molecule has 0 saturated carbocycles. The number of nitrogens with two attached hydrogens (primary N) is 1. The second-order valence-electron chi connectivity index (χ2n) is 3.22. The van der Waals surface area contributed by atoms with Crippen LogP contribution in [0.15, 0.2) is 29.6 Å². The van der Waals surface area contributed by atoms with Gasteiger partial charge in [0.25, 0.3) is 0 Å². The Morgan fingerprint density at radius 3 is 2.57 bits per heavy atom. The van der Waals surface area contributed by atoms with Crippen molar-refractivity contribution in [1.29, 1.82) is 0 Å². The number of benzene rings is 1. The summed E-state index contributed by atoms with van der Waals surface area (Å²) in [5.41, 5.74) is 9.15. The summed E-state index contributed by atoms with van der Waals surface area (Å²) in [5, 5.41) is 5.84. The molecule has 1 aromatic heterocycles. The van der Waals surface area contributed by atoms with Crippen molar-refractivity contribution in [3.05, 3.63) is 46.5 Å². The second kappa shape index (κ2) is 3.86. The van der Waals surface area contributed by atoms with Crippen molar-refractivity contribution in [3.63, 3.8) is 0 Å². The van der Waals surface area contributed by atoms with Gasteiger partial charge in [-0.2, -0.15) is 0 Å². The molecule has 72 valence electrons. The van der Waals surface area contributed by atoms with Crippen LogP contribution >= 0.6 is 11.5 Å². The maximum Gasteiger partial charge on any atom is 0.0967 e. The first-order chi connectivity index (χ1) is 6.77. The monoisotopic (exact) mass is 205 g/mol. The zero-order chi connectivity index (χ0) is 9.97. The lowest BCUT2D eigenvalue weighted by atomic mass is 10.0. The zero-order valence-electron chi connectivity index (χ0n) is 7.84. The Kier molecular flexibility index (Phi) is 2.56. The Balaban J connectivity index is 2.28. The average Bonchev–Trinajstić information content (AvgIpc) is 2.71. The van der Waals surface area contributed by atoms with Gasteiger partial charge in [0.05, 0.1) is 11.7 Å². The van der Waals surface area contributed by atoms with Crippen molar-refractivity contribution in [2.24, 2.45) is 5.73 Å². The summed E-state index contributed by atoms with van der Waals surface area (Å²) in [5.74, 6) is 0. The second-order valence-corrected chi connectivity index (χ2v) is 3.83. The normalized spacial score (nSPS) is 12.7. The van der Waals surface area contributed by atoms with Crippen LogP contribution in [0.4, 0.5) is 0 Å². The summed E-state index contributed by atoms with van der Waals surface area (Å²) in [6.45, 7) is 2.06. The Bertz CT molecular complexity index is 394. The van der Waals surface area contributed by atoms with Gasteiger partial charge in [0.1, 0.15) is 0 Å². The van der Waals surface area contributed by atoms with Crippen molar-refractivity contribution in [3.8, 4) is 0 Å². The predicted octanol–water partition coefficient (Wildman–Crippen LogP) is 1.89. The predicted molar refractivity (Wildman–Crippen MR) is 57.1 cm³/mol. The highest BCUT2D eigenvalue weighted by atomic mass is 32.1. The molecule has 0 aliphatic rings. The Hall–Kier alpha value is -1.26. The summed E-state index contributed by atoms with van der Waals surface area (Å²) in [7, 11) is 0. The molecule has 2 N–H and O–H groups in total. The van der Waals surface area contributed by atoms with Gasteiger partial charge in [-0.05, 0) is 24.0 Å². The number of rotatable bonds is 2. The van der Waals surface area contributed by atoms with Crippen molar-refractivity contribution < 1.29 is 0 Å².